The Bertz CT molecular complexity index is 3100. The summed E-state index contributed by atoms with van der Waals surface area (Å²) in [6.45, 7) is 3.48. The summed E-state index contributed by atoms with van der Waals surface area (Å²) in [4.78, 5) is 18.2. The van der Waals surface area contributed by atoms with Crippen molar-refractivity contribution in [2.75, 3.05) is 32.7 Å². The SMILES string of the molecule is CN=C(N)Nc1cccc(CCCCC2C=CC(O)=CC2CC2CC(=O)CCc3ccc(OC)c(c3)OCc3c(C(O)O)cc4c(c(O)cc5c4c3C=CC5C)C(Cc3cccc(CCOCC4CCCCC4)c3)C#CO2)c1. The molecular weight excluding hydrogens is 979 g/mol. The lowest BCUT2D eigenvalue weighted by Crippen LogP contribution is -2.24. The molecule has 78 heavy (non-hydrogen) atoms. The van der Waals surface area contributed by atoms with Gasteiger partial charge in [0.1, 0.15) is 36.1 Å². The van der Waals surface area contributed by atoms with Gasteiger partial charge in [-0.25, -0.2) is 0 Å². The molecule has 6 bridgehead atoms. The van der Waals surface area contributed by atoms with Gasteiger partial charge in [0.15, 0.2) is 23.7 Å². The van der Waals surface area contributed by atoms with Crippen LogP contribution in [0.25, 0.3) is 16.8 Å². The van der Waals surface area contributed by atoms with Gasteiger partial charge in [0.05, 0.1) is 19.6 Å². The third kappa shape index (κ3) is 14.2. The van der Waals surface area contributed by atoms with Crippen molar-refractivity contribution < 1.29 is 44.2 Å². The van der Waals surface area contributed by atoms with Crippen molar-refractivity contribution in [1.82, 2.24) is 0 Å². The second-order valence-electron chi connectivity index (χ2n) is 21.8. The smallest absolute Gasteiger partial charge is 0.192 e. The fraction of sp³-hybridized carbons (Fsp3) is 0.424. The Hall–Kier alpha value is -7.04. The van der Waals surface area contributed by atoms with E-state index in [0.717, 1.165) is 77.6 Å². The van der Waals surface area contributed by atoms with E-state index in [4.69, 9.17) is 24.7 Å². The molecule has 1 saturated carbocycles. The van der Waals surface area contributed by atoms with Crippen molar-refractivity contribution in [1.29, 1.82) is 0 Å². The number of Topliss-reactive ketones (excluding diaryl/α,β-unsaturated/α-hetero) is 1. The number of benzene rings is 5. The number of aliphatic hydroxyl groups excluding tert-OH is 2. The molecule has 5 aromatic carbocycles. The Balaban J connectivity index is 1.06. The number of aliphatic hydroxyl groups is 3. The number of rotatable bonds is 17. The van der Waals surface area contributed by atoms with E-state index < -0.39 is 18.3 Å². The van der Waals surface area contributed by atoms with E-state index in [1.54, 1.807) is 26.3 Å². The van der Waals surface area contributed by atoms with Crippen LogP contribution in [0.4, 0.5) is 5.69 Å². The number of fused-ring (bicyclic) bond motifs is 9. The monoisotopic (exact) mass is 1060 g/mol. The van der Waals surface area contributed by atoms with Gasteiger partial charge in [-0.15, -0.1) is 0 Å². The zero-order chi connectivity index (χ0) is 54.5. The van der Waals surface area contributed by atoms with Crippen LogP contribution in [-0.2, 0) is 46.6 Å². The van der Waals surface area contributed by atoms with Gasteiger partial charge in [-0.3, -0.25) is 9.79 Å². The summed E-state index contributed by atoms with van der Waals surface area (Å²) in [6, 6.07) is 25.8. The van der Waals surface area contributed by atoms with Crippen LogP contribution in [0.15, 0.2) is 114 Å². The summed E-state index contributed by atoms with van der Waals surface area (Å²) in [7, 11) is 3.22. The standard InChI is InChI=1S/C66H77N3O9/c1-42-19-25-55-59-41-78-62-34-45(21-26-61(62)75-3)20-23-53(71)37-54(36-50-35-52(70)24-22-48(50)17-8-7-11-43-15-10-18-51(33-43)69-66(67)68-2)77-30-28-49(63-58(38-57(59)65(73)74)64(55)56(42)39-60(63)72)32-47-16-9-14-44(31-47)27-29-76-40-46-12-5-4-6-13-46/h9-10,14-16,18-19,21-22,24-26,31,33-35,38-39,42,46,48-50,54,65,70,72-74H,4-8,11-13,17,20,23,27,29,32,36-37,40-41H2,1-3H3,(H3,67,68,69). The topological polar surface area (TPSA) is 185 Å². The number of hydrogen-bond donors (Lipinski definition) is 6. The number of anilines is 1. The van der Waals surface area contributed by atoms with Crippen molar-refractivity contribution in [2.24, 2.45) is 28.5 Å². The van der Waals surface area contributed by atoms with Crippen LogP contribution in [0.3, 0.4) is 0 Å². The number of nitrogens with two attached hydrogens (primary N) is 1. The highest BCUT2D eigenvalue weighted by Crippen LogP contribution is 2.47. The number of ketones is 1. The number of aryl methyl sites for hydroxylation is 2. The normalized spacial score (nSPS) is 20.8. The van der Waals surface area contributed by atoms with Crippen molar-refractivity contribution in [3.8, 4) is 29.3 Å². The van der Waals surface area contributed by atoms with E-state index in [9.17, 15) is 25.2 Å². The average molecular weight is 1060 g/mol. The molecule has 2 aliphatic heterocycles. The molecule has 10 rings (SSSR count). The quantitative estimate of drug-likeness (QED) is 0.0171. The number of nitrogens with one attached hydrogen (secondary N) is 1. The number of ether oxygens (including phenoxy) is 4. The predicted molar refractivity (Wildman–Crippen MR) is 309 cm³/mol. The number of carbonyl (C=O) groups is 1. The maximum Gasteiger partial charge on any atom is 0.192 e. The third-order valence-electron chi connectivity index (χ3n) is 16.3. The molecule has 5 atom stereocenters. The first-order chi connectivity index (χ1) is 37.9. The maximum atomic E-state index is 14.2. The van der Waals surface area contributed by atoms with Crippen LogP contribution < -0.4 is 20.5 Å². The Kier molecular flexibility index (Phi) is 19.0. The molecular formula is C66H77N3O9. The number of unbranched alkanes of at least 4 members (excludes halogenated alkanes) is 1. The minimum atomic E-state index is -1.87. The molecule has 2 heterocycles. The zero-order valence-electron chi connectivity index (χ0n) is 45.5. The van der Waals surface area contributed by atoms with E-state index in [1.807, 2.05) is 48.6 Å². The maximum absolute atomic E-state index is 14.2. The van der Waals surface area contributed by atoms with E-state index in [-0.39, 0.29) is 60.1 Å². The lowest BCUT2D eigenvalue weighted by atomic mass is 9.78. The molecule has 5 aromatic rings. The van der Waals surface area contributed by atoms with Gasteiger partial charge in [0.2, 0.25) is 0 Å². The molecule has 0 saturated heterocycles. The molecule has 1 fully saturated rings. The highest BCUT2D eigenvalue weighted by Gasteiger charge is 2.30. The molecule has 0 spiro atoms. The molecule has 5 unspecified atom stereocenters. The lowest BCUT2D eigenvalue weighted by Gasteiger charge is -2.28. The number of aromatic hydroxyl groups is 1. The van der Waals surface area contributed by atoms with Gasteiger partial charge in [0, 0.05) is 54.8 Å². The summed E-state index contributed by atoms with van der Waals surface area (Å²) in [5, 5.41) is 50.3. The molecule has 0 amide bonds. The van der Waals surface area contributed by atoms with Crippen molar-refractivity contribution in [3.05, 3.63) is 159 Å². The molecule has 3 aliphatic carbocycles. The summed E-state index contributed by atoms with van der Waals surface area (Å²) in [6.07, 6.45) is 22.7. The second-order valence-corrected chi connectivity index (χ2v) is 21.8. The van der Waals surface area contributed by atoms with Crippen LogP contribution in [0.2, 0.25) is 0 Å². The fourth-order valence-corrected chi connectivity index (χ4v) is 12.0. The first-order valence-electron chi connectivity index (χ1n) is 28.1. The Labute approximate surface area is 460 Å². The molecule has 7 N–H and O–H groups in total. The zero-order valence-corrected chi connectivity index (χ0v) is 45.5. The van der Waals surface area contributed by atoms with E-state index in [0.29, 0.717) is 65.8 Å². The first-order valence-corrected chi connectivity index (χ1v) is 28.1. The van der Waals surface area contributed by atoms with Gasteiger partial charge in [0.25, 0.3) is 0 Å². The number of hydrogen-bond acceptors (Lipinski definition) is 10. The molecule has 410 valence electrons. The minimum absolute atomic E-state index is 0.00638. The Morgan fingerprint density at radius 1 is 0.910 bits per heavy atom. The van der Waals surface area contributed by atoms with E-state index in [2.05, 4.69) is 77.8 Å². The Morgan fingerprint density at radius 2 is 1.72 bits per heavy atom. The second kappa shape index (κ2) is 26.5. The number of methoxy groups -OCH3 is 1. The molecule has 0 aromatic heterocycles. The highest BCUT2D eigenvalue weighted by atomic mass is 16.5. The van der Waals surface area contributed by atoms with Gasteiger partial charge >= 0.3 is 0 Å². The molecule has 0 radical (unpaired) electrons. The first kappa shape index (κ1) is 55.7. The number of allylic oxidation sites excluding steroid dienone is 4. The summed E-state index contributed by atoms with van der Waals surface area (Å²) < 4.78 is 25.2. The number of phenolic OH excluding ortho intramolecular Hbond substituents is 1. The average Bonchev–Trinajstić information content (AvgIpc) is 3.64. The number of guanidine groups is 1. The van der Waals surface area contributed by atoms with Crippen LogP contribution in [0.5, 0.6) is 17.2 Å². The Morgan fingerprint density at radius 3 is 2.53 bits per heavy atom. The van der Waals surface area contributed by atoms with Crippen molar-refractivity contribution in [2.45, 2.75) is 134 Å². The molecule has 5 aliphatic rings. The van der Waals surface area contributed by atoms with E-state index in [1.165, 1.54) is 37.7 Å². The third-order valence-corrected chi connectivity index (χ3v) is 16.3. The van der Waals surface area contributed by atoms with Crippen LogP contribution in [0, 0.1) is 29.8 Å². The van der Waals surface area contributed by atoms with Gasteiger partial charge in [-0.2, -0.15) is 0 Å². The summed E-state index contributed by atoms with van der Waals surface area (Å²) in [5.41, 5.74) is 14.1. The lowest BCUT2D eigenvalue weighted by molar-refractivity contribution is -0.121. The van der Waals surface area contributed by atoms with Gasteiger partial charge in [-0.1, -0.05) is 99.2 Å². The summed E-state index contributed by atoms with van der Waals surface area (Å²) in [5.74, 6) is 4.86. The van der Waals surface area contributed by atoms with Crippen LogP contribution in [-0.4, -0.2) is 65.6 Å². The van der Waals surface area contributed by atoms with Crippen LogP contribution in [0.1, 0.15) is 146 Å². The fourth-order valence-electron chi connectivity index (χ4n) is 12.0. The predicted octanol–water partition coefficient (Wildman–Crippen LogP) is 12.4. The van der Waals surface area contributed by atoms with E-state index >= 15 is 0 Å². The van der Waals surface area contributed by atoms with Gasteiger partial charge < -0.3 is 50.4 Å². The summed E-state index contributed by atoms with van der Waals surface area (Å²) >= 11 is 0. The number of carbonyl (C=O) groups excluding carboxylic acids is 1. The molecule has 12 nitrogen and oxygen atoms in total. The largest absolute Gasteiger partial charge is 0.508 e. The van der Waals surface area contributed by atoms with Crippen molar-refractivity contribution >= 4 is 34.3 Å². The molecule has 12 heteroatoms. The number of nitrogens with zero attached hydrogens (tertiary/aromatic N) is 1. The number of aliphatic imine (C=N–C) groups is 1. The highest BCUT2D eigenvalue weighted by molar-refractivity contribution is 6.01. The number of phenols is 1. The van der Waals surface area contributed by atoms with Crippen molar-refractivity contribution in [3.63, 3.8) is 0 Å². The van der Waals surface area contributed by atoms with Crippen LogP contribution >= 0.6 is 0 Å². The van der Waals surface area contributed by atoms with Gasteiger partial charge in [-0.05, 0) is 168 Å². The minimum Gasteiger partial charge on any atom is -0.508 e.